The Morgan fingerprint density at radius 1 is 1.19 bits per heavy atom. The van der Waals surface area contributed by atoms with Gasteiger partial charge in [-0.2, -0.15) is 0 Å². The van der Waals surface area contributed by atoms with Crippen LogP contribution in [0.15, 0.2) is 36.7 Å². The van der Waals surface area contributed by atoms with E-state index >= 15 is 0 Å². The van der Waals surface area contributed by atoms with E-state index in [2.05, 4.69) is 25.5 Å². The Morgan fingerprint density at radius 3 is 2.78 bits per heavy atom. The van der Waals surface area contributed by atoms with Gasteiger partial charge in [0.05, 0.1) is 13.2 Å². The largest absolute Gasteiger partial charge is 0.379 e. The zero-order chi connectivity index (χ0) is 19.1. The number of morpholine rings is 1. The molecule has 2 N–H and O–H groups in total. The first-order valence-electron chi connectivity index (χ1n) is 8.90. The van der Waals surface area contributed by atoms with Gasteiger partial charge < -0.3 is 15.4 Å². The summed E-state index contributed by atoms with van der Waals surface area (Å²) >= 11 is 0. The number of carbonyl (C=O) groups excluding carboxylic acids is 2. The molecule has 0 bridgehead atoms. The molecule has 142 valence electrons. The molecule has 1 amide bonds. The predicted molar refractivity (Wildman–Crippen MR) is 101 cm³/mol. The molecule has 1 fully saturated rings. The monoisotopic (exact) mass is 369 g/mol. The van der Waals surface area contributed by atoms with Gasteiger partial charge in [-0.25, -0.2) is 9.97 Å². The van der Waals surface area contributed by atoms with Crippen LogP contribution in [0.5, 0.6) is 0 Å². The standard InChI is InChI=1S/C19H23N5O3/c1-14(25)15-3-2-4-16(11-15)23-18-12-17(21-13-22-18)19(26)20-5-6-24-7-9-27-10-8-24/h2-4,11-13H,5-10H2,1H3,(H,20,26)(H,21,22,23). The highest BCUT2D eigenvalue weighted by atomic mass is 16.5. The first-order valence-corrected chi connectivity index (χ1v) is 8.90. The van der Waals surface area contributed by atoms with E-state index in [4.69, 9.17) is 4.74 Å². The van der Waals surface area contributed by atoms with Crippen LogP contribution in [-0.4, -0.2) is 66.0 Å². The number of benzene rings is 1. The summed E-state index contributed by atoms with van der Waals surface area (Å²) in [4.78, 5) is 34.2. The van der Waals surface area contributed by atoms with Crippen molar-refractivity contribution in [2.45, 2.75) is 6.92 Å². The van der Waals surface area contributed by atoms with Crippen LogP contribution in [0.4, 0.5) is 11.5 Å². The molecule has 1 aliphatic heterocycles. The number of ketones is 1. The fraction of sp³-hybridized carbons (Fsp3) is 0.368. The van der Waals surface area contributed by atoms with Crippen LogP contribution in [0, 0.1) is 0 Å². The third kappa shape index (κ3) is 5.57. The van der Waals surface area contributed by atoms with Crippen molar-refractivity contribution < 1.29 is 14.3 Å². The first-order chi connectivity index (χ1) is 13.1. The van der Waals surface area contributed by atoms with Gasteiger partial charge in [0.2, 0.25) is 0 Å². The van der Waals surface area contributed by atoms with E-state index in [9.17, 15) is 9.59 Å². The maximum Gasteiger partial charge on any atom is 0.270 e. The summed E-state index contributed by atoms with van der Waals surface area (Å²) in [6.07, 6.45) is 1.34. The van der Waals surface area contributed by atoms with Gasteiger partial charge in [-0.3, -0.25) is 14.5 Å². The lowest BCUT2D eigenvalue weighted by Gasteiger charge is -2.26. The Labute approximate surface area is 158 Å². The average Bonchev–Trinajstić information content (AvgIpc) is 2.69. The van der Waals surface area contributed by atoms with E-state index < -0.39 is 0 Å². The molecule has 0 atom stereocenters. The van der Waals surface area contributed by atoms with Crippen molar-refractivity contribution in [2.75, 3.05) is 44.7 Å². The number of rotatable bonds is 7. The molecule has 0 radical (unpaired) electrons. The summed E-state index contributed by atoms with van der Waals surface area (Å²) in [5.74, 6) is 0.233. The Hall–Kier alpha value is -2.84. The molecule has 0 unspecified atom stereocenters. The molecule has 2 aromatic rings. The molecule has 2 heterocycles. The number of carbonyl (C=O) groups is 2. The van der Waals surface area contributed by atoms with Crippen molar-refractivity contribution in [3.63, 3.8) is 0 Å². The van der Waals surface area contributed by atoms with E-state index in [1.54, 1.807) is 24.3 Å². The maximum atomic E-state index is 12.3. The number of amides is 1. The molecule has 0 spiro atoms. The molecule has 1 aliphatic rings. The summed E-state index contributed by atoms with van der Waals surface area (Å²) in [7, 11) is 0. The number of nitrogens with one attached hydrogen (secondary N) is 2. The van der Waals surface area contributed by atoms with Gasteiger partial charge in [-0.1, -0.05) is 12.1 Å². The third-order valence-electron chi connectivity index (χ3n) is 4.26. The van der Waals surface area contributed by atoms with Crippen LogP contribution in [0.25, 0.3) is 0 Å². The van der Waals surface area contributed by atoms with Crippen molar-refractivity contribution in [1.82, 2.24) is 20.2 Å². The highest BCUT2D eigenvalue weighted by molar-refractivity contribution is 5.95. The molecule has 0 aliphatic carbocycles. The van der Waals surface area contributed by atoms with Crippen LogP contribution < -0.4 is 10.6 Å². The lowest BCUT2D eigenvalue weighted by molar-refractivity contribution is 0.0383. The number of hydrogen-bond donors (Lipinski definition) is 2. The van der Waals surface area contributed by atoms with E-state index in [0.717, 1.165) is 38.5 Å². The van der Waals surface area contributed by atoms with Crippen LogP contribution in [0.2, 0.25) is 0 Å². The first kappa shape index (κ1) is 18.9. The second-order valence-corrected chi connectivity index (χ2v) is 6.26. The van der Waals surface area contributed by atoms with Gasteiger partial charge >= 0.3 is 0 Å². The van der Waals surface area contributed by atoms with Crippen molar-refractivity contribution in [3.8, 4) is 0 Å². The van der Waals surface area contributed by atoms with Crippen LogP contribution in [0.3, 0.4) is 0 Å². The Bertz CT molecular complexity index is 805. The number of hydrogen-bond acceptors (Lipinski definition) is 7. The normalized spacial score (nSPS) is 14.6. The van der Waals surface area contributed by atoms with E-state index in [1.165, 1.54) is 13.3 Å². The van der Waals surface area contributed by atoms with Crippen molar-refractivity contribution in [3.05, 3.63) is 47.9 Å². The summed E-state index contributed by atoms with van der Waals surface area (Å²) in [6, 6.07) is 8.70. The smallest absolute Gasteiger partial charge is 0.270 e. The minimum absolute atomic E-state index is 0.0123. The zero-order valence-corrected chi connectivity index (χ0v) is 15.3. The molecule has 1 aromatic heterocycles. The minimum atomic E-state index is -0.244. The topological polar surface area (TPSA) is 96.5 Å². The molecule has 8 heteroatoms. The van der Waals surface area contributed by atoms with Crippen molar-refractivity contribution >= 4 is 23.2 Å². The molecular formula is C19H23N5O3. The maximum absolute atomic E-state index is 12.3. The van der Waals surface area contributed by atoms with E-state index in [1.807, 2.05) is 6.07 Å². The van der Waals surface area contributed by atoms with E-state index in [-0.39, 0.29) is 17.4 Å². The van der Waals surface area contributed by atoms with Gasteiger partial charge in [0.15, 0.2) is 5.78 Å². The van der Waals surface area contributed by atoms with Crippen molar-refractivity contribution in [1.29, 1.82) is 0 Å². The fourth-order valence-corrected chi connectivity index (χ4v) is 2.76. The van der Waals surface area contributed by atoms with Gasteiger partial charge in [0.25, 0.3) is 5.91 Å². The molecule has 0 saturated carbocycles. The summed E-state index contributed by atoms with van der Waals surface area (Å²) < 4.78 is 5.31. The second-order valence-electron chi connectivity index (χ2n) is 6.26. The number of nitrogens with zero attached hydrogens (tertiary/aromatic N) is 3. The van der Waals surface area contributed by atoms with Gasteiger partial charge in [0.1, 0.15) is 17.8 Å². The zero-order valence-electron chi connectivity index (χ0n) is 15.3. The number of anilines is 2. The number of Topliss-reactive ketones (excluding diaryl/α,β-unsaturated/α-hetero) is 1. The summed E-state index contributed by atoms with van der Waals surface area (Å²) in [6.45, 7) is 6.09. The predicted octanol–water partition coefficient (Wildman–Crippen LogP) is 1.48. The lowest BCUT2D eigenvalue weighted by atomic mass is 10.1. The lowest BCUT2D eigenvalue weighted by Crippen LogP contribution is -2.41. The van der Waals surface area contributed by atoms with E-state index in [0.29, 0.717) is 17.9 Å². The Balaban J connectivity index is 1.57. The van der Waals surface area contributed by atoms with Crippen LogP contribution in [0.1, 0.15) is 27.8 Å². The van der Waals surface area contributed by atoms with Gasteiger partial charge in [-0.05, 0) is 19.1 Å². The van der Waals surface area contributed by atoms with Gasteiger partial charge in [0, 0.05) is 43.5 Å². The SMILES string of the molecule is CC(=O)c1cccc(Nc2cc(C(=O)NCCN3CCOCC3)ncn2)c1. The average molecular weight is 369 g/mol. The highest BCUT2D eigenvalue weighted by Gasteiger charge is 2.12. The second kappa shape index (κ2) is 9.20. The number of aromatic nitrogens is 2. The molecule has 27 heavy (non-hydrogen) atoms. The van der Waals surface area contributed by atoms with Gasteiger partial charge in [-0.15, -0.1) is 0 Å². The molecule has 3 rings (SSSR count). The summed E-state index contributed by atoms with van der Waals surface area (Å²) in [5.41, 5.74) is 1.62. The van der Waals surface area contributed by atoms with Crippen LogP contribution >= 0.6 is 0 Å². The third-order valence-corrected chi connectivity index (χ3v) is 4.26. The molecule has 8 nitrogen and oxygen atoms in total. The van der Waals surface area contributed by atoms with Crippen LogP contribution in [-0.2, 0) is 4.74 Å². The van der Waals surface area contributed by atoms with Crippen molar-refractivity contribution in [2.24, 2.45) is 0 Å². The Kier molecular flexibility index (Phi) is 6.45. The number of ether oxygens (including phenoxy) is 1. The fourth-order valence-electron chi connectivity index (χ4n) is 2.76. The molecule has 1 aromatic carbocycles. The highest BCUT2D eigenvalue weighted by Crippen LogP contribution is 2.16. The summed E-state index contributed by atoms with van der Waals surface area (Å²) in [5, 5.41) is 5.97. The quantitative estimate of drug-likeness (QED) is 0.714. The minimum Gasteiger partial charge on any atom is -0.379 e. The Morgan fingerprint density at radius 2 is 2.00 bits per heavy atom. The molecule has 1 saturated heterocycles. The molecular weight excluding hydrogens is 346 g/mol.